The highest BCUT2D eigenvalue weighted by atomic mass is 19.1. The molecule has 0 radical (unpaired) electrons. The summed E-state index contributed by atoms with van der Waals surface area (Å²) in [5.74, 6) is -0.156. The quantitative estimate of drug-likeness (QED) is 0.681. The first-order chi connectivity index (χ1) is 7.65. The molecule has 0 aliphatic heterocycles. The third-order valence-corrected chi connectivity index (χ3v) is 2.74. The third-order valence-electron chi connectivity index (χ3n) is 2.74. The zero-order chi connectivity index (χ0) is 11.7. The highest BCUT2D eigenvalue weighted by Crippen LogP contribution is 2.16. The number of halogens is 1. The molecule has 0 nitrogen and oxygen atoms in total. The van der Waals surface area contributed by atoms with E-state index in [0.29, 0.717) is 10.9 Å². The van der Waals surface area contributed by atoms with Gasteiger partial charge in [-0.05, 0) is 28.3 Å². The first-order valence-electron chi connectivity index (χ1n) is 5.14. The number of fused-ring (bicyclic) bond motifs is 1. The van der Waals surface area contributed by atoms with Crippen LogP contribution in [0.15, 0.2) is 36.9 Å². The van der Waals surface area contributed by atoms with Gasteiger partial charge in [0.05, 0.1) is 0 Å². The van der Waals surface area contributed by atoms with Crippen molar-refractivity contribution >= 4 is 23.4 Å². The number of hydrogen-bond donors (Lipinski definition) is 0. The van der Waals surface area contributed by atoms with Crippen molar-refractivity contribution in [3.8, 4) is 0 Å². The molecule has 2 aromatic rings. The molecule has 0 fully saturated rings. The monoisotopic (exact) mass is 212 g/mol. The van der Waals surface area contributed by atoms with Crippen molar-refractivity contribution in [2.45, 2.75) is 6.92 Å². The molecule has 0 heterocycles. The van der Waals surface area contributed by atoms with Crippen molar-refractivity contribution in [3.05, 3.63) is 58.7 Å². The van der Waals surface area contributed by atoms with E-state index < -0.39 is 0 Å². The van der Waals surface area contributed by atoms with Crippen molar-refractivity contribution in [1.82, 2.24) is 0 Å². The highest BCUT2D eigenvalue weighted by molar-refractivity contribution is 5.85. The van der Waals surface area contributed by atoms with E-state index >= 15 is 0 Å². The summed E-state index contributed by atoms with van der Waals surface area (Å²) < 4.78 is 13.9. The second-order valence-corrected chi connectivity index (χ2v) is 3.83. The Kier molecular flexibility index (Phi) is 2.61. The first-order valence-corrected chi connectivity index (χ1v) is 5.14. The minimum Gasteiger partial charge on any atom is -0.206 e. The van der Waals surface area contributed by atoms with Gasteiger partial charge in [0, 0.05) is 5.39 Å². The third kappa shape index (κ3) is 1.54. The van der Waals surface area contributed by atoms with Crippen LogP contribution in [0.25, 0.3) is 23.4 Å². The van der Waals surface area contributed by atoms with Gasteiger partial charge in [-0.1, -0.05) is 49.6 Å². The lowest BCUT2D eigenvalue weighted by molar-refractivity contribution is 0.630. The molecule has 0 amide bonds. The molecule has 80 valence electrons. The zero-order valence-corrected chi connectivity index (χ0v) is 9.26. The molecule has 2 rings (SSSR count). The van der Waals surface area contributed by atoms with Crippen LogP contribution in [0.5, 0.6) is 0 Å². The van der Waals surface area contributed by atoms with Crippen LogP contribution >= 0.6 is 0 Å². The minimum atomic E-state index is -0.156. The Morgan fingerprint density at radius 2 is 1.81 bits per heavy atom. The van der Waals surface area contributed by atoms with Crippen LogP contribution < -0.4 is 10.4 Å². The fourth-order valence-corrected chi connectivity index (χ4v) is 1.86. The predicted octanol–water partition coefficient (Wildman–Crippen LogP) is 2.66. The van der Waals surface area contributed by atoms with Gasteiger partial charge in [-0.15, -0.1) is 0 Å². The summed E-state index contributed by atoms with van der Waals surface area (Å²) in [4.78, 5) is 0. The van der Waals surface area contributed by atoms with Crippen molar-refractivity contribution in [2.24, 2.45) is 0 Å². The molecule has 0 aromatic heterocycles. The maximum atomic E-state index is 13.9. The molecule has 0 unspecified atom stereocenters. The molecule has 16 heavy (non-hydrogen) atoms. The maximum Gasteiger partial charge on any atom is 0.133 e. The maximum absolute atomic E-state index is 13.9. The molecule has 1 heteroatoms. The second-order valence-electron chi connectivity index (χ2n) is 3.83. The Morgan fingerprint density at radius 3 is 2.50 bits per heavy atom. The average molecular weight is 212 g/mol. The lowest BCUT2D eigenvalue weighted by Gasteiger charge is -2.03. The summed E-state index contributed by atoms with van der Waals surface area (Å²) >= 11 is 0. The van der Waals surface area contributed by atoms with Gasteiger partial charge in [0.2, 0.25) is 0 Å². The topological polar surface area (TPSA) is 0 Å². The van der Waals surface area contributed by atoms with Gasteiger partial charge < -0.3 is 0 Å². The van der Waals surface area contributed by atoms with Crippen molar-refractivity contribution in [3.63, 3.8) is 0 Å². The number of aryl methyl sites for hydroxylation is 1. The normalized spacial score (nSPS) is 12.0. The first kappa shape index (κ1) is 10.6. The van der Waals surface area contributed by atoms with E-state index in [2.05, 4.69) is 13.2 Å². The Hall–Kier alpha value is -1.89. The minimum absolute atomic E-state index is 0.156. The second kappa shape index (κ2) is 3.93. The van der Waals surface area contributed by atoms with Crippen LogP contribution in [0.4, 0.5) is 4.39 Å². The standard InChI is InChI=1S/C15H13F/c1-4-5-12-10(2)6-9-14-13(12)8-7-11(3)15(14)16/h4-9H,1-2H2,3H3/b12-5+. The molecule has 0 saturated heterocycles. The molecule has 2 aromatic carbocycles. The van der Waals surface area contributed by atoms with E-state index in [1.165, 1.54) is 0 Å². The summed E-state index contributed by atoms with van der Waals surface area (Å²) in [6.07, 6.45) is 3.56. The van der Waals surface area contributed by atoms with Crippen LogP contribution in [-0.2, 0) is 0 Å². The number of allylic oxidation sites excluding steroid dienone is 1. The van der Waals surface area contributed by atoms with Gasteiger partial charge in [-0.2, -0.15) is 0 Å². The molecule has 0 atom stereocenters. The number of hydrogen-bond acceptors (Lipinski definition) is 0. The summed E-state index contributed by atoms with van der Waals surface area (Å²) in [5.41, 5.74) is 0.661. The summed E-state index contributed by atoms with van der Waals surface area (Å²) in [6, 6.07) is 7.33. The largest absolute Gasteiger partial charge is 0.206 e. The Balaban J connectivity index is 3.07. The molecule has 0 aliphatic carbocycles. The summed E-state index contributed by atoms with van der Waals surface area (Å²) in [5, 5.41) is 3.35. The summed E-state index contributed by atoms with van der Waals surface area (Å²) in [6.45, 7) is 9.37. The van der Waals surface area contributed by atoms with Gasteiger partial charge in [0.15, 0.2) is 0 Å². The van der Waals surface area contributed by atoms with E-state index in [9.17, 15) is 4.39 Å². The van der Waals surface area contributed by atoms with E-state index in [0.717, 1.165) is 15.8 Å². The zero-order valence-electron chi connectivity index (χ0n) is 9.26. The van der Waals surface area contributed by atoms with Crippen molar-refractivity contribution < 1.29 is 4.39 Å². The fourth-order valence-electron chi connectivity index (χ4n) is 1.86. The highest BCUT2D eigenvalue weighted by Gasteiger charge is 2.04. The molecule has 0 bridgehead atoms. The lowest BCUT2D eigenvalue weighted by Crippen LogP contribution is -2.23. The van der Waals surface area contributed by atoms with Crippen LogP contribution in [0.3, 0.4) is 0 Å². The molecule has 0 aliphatic rings. The Morgan fingerprint density at radius 1 is 1.12 bits per heavy atom. The number of rotatable bonds is 1. The van der Waals surface area contributed by atoms with E-state index in [4.69, 9.17) is 0 Å². The predicted molar refractivity (Wildman–Crippen MR) is 68.1 cm³/mol. The van der Waals surface area contributed by atoms with Gasteiger partial charge in [-0.25, -0.2) is 4.39 Å². The SMILES string of the molecule is C=C/C=c1\c(=C)ccc2c(F)c(C)ccc12. The van der Waals surface area contributed by atoms with Gasteiger partial charge in [-0.3, -0.25) is 0 Å². The molecule has 0 N–H and O–H groups in total. The molecule has 0 saturated carbocycles. The van der Waals surface area contributed by atoms with Crippen molar-refractivity contribution in [1.29, 1.82) is 0 Å². The van der Waals surface area contributed by atoms with E-state index in [-0.39, 0.29) is 5.82 Å². The van der Waals surface area contributed by atoms with Crippen molar-refractivity contribution in [2.75, 3.05) is 0 Å². The van der Waals surface area contributed by atoms with Crippen LogP contribution in [0.2, 0.25) is 0 Å². The van der Waals surface area contributed by atoms with Crippen LogP contribution in [-0.4, -0.2) is 0 Å². The Bertz CT molecular complexity index is 666. The van der Waals surface area contributed by atoms with Crippen LogP contribution in [0.1, 0.15) is 5.56 Å². The molecule has 0 spiro atoms. The smallest absolute Gasteiger partial charge is 0.133 e. The van der Waals surface area contributed by atoms with Gasteiger partial charge in [0.1, 0.15) is 5.82 Å². The molecular weight excluding hydrogens is 199 g/mol. The van der Waals surface area contributed by atoms with E-state index in [1.807, 2.05) is 18.2 Å². The fraction of sp³-hybridized carbons (Fsp3) is 0.0667. The molecular formula is C15H13F. The Labute approximate surface area is 94.0 Å². The van der Waals surface area contributed by atoms with Crippen LogP contribution in [0, 0.1) is 12.7 Å². The van der Waals surface area contributed by atoms with E-state index in [1.54, 1.807) is 25.1 Å². The lowest BCUT2D eigenvalue weighted by atomic mass is 10.0. The van der Waals surface area contributed by atoms with Gasteiger partial charge in [0.25, 0.3) is 0 Å². The average Bonchev–Trinajstić information content (AvgIpc) is 2.27. The number of benzene rings is 2. The summed E-state index contributed by atoms with van der Waals surface area (Å²) in [7, 11) is 0. The van der Waals surface area contributed by atoms with Gasteiger partial charge >= 0.3 is 0 Å².